The highest BCUT2D eigenvalue weighted by atomic mass is 127. The van der Waals surface area contributed by atoms with Crippen LogP contribution in [0, 0.1) is 5.92 Å². The van der Waals surface area contributed by atoms with Crippen molar-refractivity contribution in [3.8, 4) is 0 Å². The molecule has 0 radical (unpaired) electrons. The van der Waals surface area contributed by atoms with Crippen LogP contribution < -0.4 is 10.6 Å². The maximum absolute atomic E-state index is 6.17. The van der Waals surface area contributed by atoms with Crippen LogP contribution >= 0.6 is 24.0 Å². The lowest BCUT2D eigenvalue weighted by molar-refractivity contribution is 0.277. The van der Waals surface area contributed by atoms with Gasteiger partial charge in [-0.3, -0.25) is 0 Å². The third kappa shape index (κ3) is 5.22. The zero-order valence-corrected chi connectivity index (χ0v) is 17.0. The molecule has 134 valence electrons. The molecule has 2 aliphatic rings. The molecule has 1 aromatic rings. The van der Waals surface area contributed by atoms with Crippen LogP contribution in [0.2, 0.25) is 0 Å². The minimum absolute atomic E-state index is 0. The fourth-order valence-corrected chi connectivity index (χ4v) is 3.36. The first-order chi connectivity index (χ1) is 11.2. The van der Waals surface area contributed by atoms with E-state index in [1.807, 2.05) is 12.3 Å². The summed E-state index contributed by atoms with van der Waals surface area (Å²) >= 11 is 0. The van der Waals surface area contributed by atoms with E-state index in [1.54, 1.807) is 0 Å². The number of guanidine groups is 1. The van der Waals surface area contributed by atoms with E-state index in [9.17, 15) is 0 Å². The van der Waals surface area contributed by atoms with Crippen LogP contribution in [0.4, 0.5) is 5.82 Å². The maximum Gasteiger partial charge on any atom is 0.191 e. The number of halogens is 1. The number of aliphatic imine (C=N–C) groups is 1. The van der Waals surface area contributed by atoms with E-state index >= 15 is 0 Å². The van der Waals surface area contributed by atoms with Gasteiger partial charge in [-0.15, -0.1) is 24.0 Å². The Labute approximate surface area is 162 Å². The number of nitrogens with zero attached hydrogens (tertiary/aromatic N) is 4. The van der Waals surface area contributed by atoms with Gasteiger partial charge in [-0.25, -0.2) is 9.98 Å². The Hall–Kier alpha value is -1.05. The molecule has 3 heterocycles. The lowest BCUT2D eigenvalue weighted by Gasteiger charge is -2.31. The first-order valence-corrected chi connectivity index (χ1v) is 8.97. The van der Waals surface area contributed by atoms with Crippen LogP contribution in [0.3, 0.4) is 0 Å². The molecule has 0 amide bonds. The smallest absolute Gasteiger partial charge is 0.191 e. The van der Waals surface area contributed by atoms with Gasteiger partial charge in [0, 0.05) is 32.4 Å². The van der Waals surface area contributed by atoms with Crippen LogP contribution in [0.25, 0.3) is 0 Å². The number of aromatic nitrogens is 1. The van der Waals surface area contributed by atoms with Crippen molar-refractivity contribution in [1.82, 2.24) is 9.88 Å². The van der Waals surface area contributed by atoms with Gasteiger partial charge in [-0.05, 0) is 55.7 Å². The van der Waals surface area contributed by atoms with Crippen molar-refractivity contribution >= 4 is 35.8 Å². The summed E-state index contributed by atoms with van der Waals surface area (Å²) in [5, 5.41) is 0. The van der Waals surface area contributed by atoms with Crippen LogP contribution in [0.15, 0.2) is 23.3 Å². The van der Waals surface area contributed by atoms with Gasteiger partial charge in [0.15, 0.2) is 5.96 Å². The van der Waals surface area contributed by atoms with Gasteiger partial charge in [-0.2, -0.15) is 0 Å². The second-order valence-electron chi connectivity index (χ2n) is 6.91. The standard InChI is InChI=1S/C18H29N5.HI/c1-15-6-11-23(12-7-15)18(19)21-14-16-5-8-20-17(13-16)22-9-3-2-4-10-22;/h5,8,13,15H,2-4,6-7,9-12,14H2,1H3,(H2,19,21);1H. The third-order valence-electron chi connectivity index (χ3n) is 5.02. The number of piperidine rings is 2. The van der Waals surface area contributed by atoms with E-state index in [4.69, 9.17) is 5.73 Å². The first-order valence-electron chi connectivity index (χ1n) is 8.97. The Kier molecular flexibility index (Phi) is 7.58. The number of anilines is 1. The Morgan fingerprint density at radius 3 is 2.62 bits per heavy atom. The predicted molar refractivity (Wildman–Crippen MR) is 111 cm³/mol. The number of hydrogen-bond donors (Lipinski definition) is 1. The molecule has 3 rings (SSSR count). The molecule has 0 bridgehead atoms. The summed E-state index contributed by atoms with van der Waals surface area (Å²) in [6.45, 7) is 7.25. The first kappa shape index (κ1) is 19.3. The maximum atomic E-state index is 6.17. The number of pyridine rings is 1. The monoisotopic (exact) mass is 443 g/mol. The summed E-state index contributed by atoms with van der Waals surface area (Å²) in [5.74, 6) is 2.59. The van der Waals surface area contributed by atoms with Gasteiger partial charge in [0.2, 0.25) is 0 Å². The SMILES string of the molecule is CC1CCN(C(N)=NCc2ccnc(N3CCCCC3)c2)CC1.I. The van der Waals surface area contributed by atoms with E-state index in [0.29, 0.717) is 12.5 Å². The lowest BCUT2D eigenvalue weighted by Crippen LogP contribution is -2.42. The van der Waals surface area contributed by atoms with E-state index in [0.717, 1.165) is 37.9 Å². The molecule has 0 atom stereocenters. The van der Waals surface area contributed by atoms with E-state index < -0.39 is 0 Å². The molecule has 0 spiro atoms. The van der Waals surface area contributed by atoms with Crippen LogP contribution in [-0.2, 0) is 6.54 Å². The summed E-state index contributed by atoms with van der Waals surface area (Å²) in [6.07, 6.45) is 8.20. The molecule has 2 N–H and O–H groups in total. The molecular weight excluding hydrogens is 413 g/mol. The predicted octanol–water partition coefficient (Wildman–Crippen LogP) is 3.24. The number of likely N-dealkylation sites (tertiary alicyclic amines) is 1. The fourth-order valence-electron chi connectivity index (χ4n) is 3.36. The van der Waals surface area contributed by atoms with Gasteiger partial charge in [0.1, 0.15) is 5.82 Å². The number of hydrogen-bond acceptors (Lipinski definition) is 3. The molecule has 2 saturated heterocycles. The van der Waals surface area contributed by atoms with Gasteiger partial charge in [-0.1, -0.05) is 6.92 Å². The molecule has 24 heavy (non-hydrogen) atoms. The van der Waals surface area contributed by atoms with Crippen molar-refractivity contribution in [2.75, 3.05) is 31.1 Å². The summed E-state index contributed by atoms with van der Waals surface area (Å²) in [5.41, 5.74) is 7.36. The molecule has 2 fully saturated rings. The van der Waals surface area contributed by atoms with Crippen molar-refractivity contribution < 1.29 is 0 Å². The molecule has 0 unspecified atom stereocenters. The molecule has 5 nitrogen and oxygen atoms in total. The summed E-state index contributed by atoms with van der Waals surface area (Å²) in [6, 6.07) is 4.21. The minimum atomic E-state index is 0. The second-order valence-corrected chi connectivity index (χ2v) is 6.91. The normalized spacial score (nSPS) is 20.0. The molecule has 0 saturated carbocycles. The summed E-state index contributed by atoms with van der Waals surface area (Å²) in [4.78, 5) is 13.7. The molecule has 2 aliphatic heterocycles. The van der Waals surface area contributed by atoms with Crippen LogP contribution in [-0.4, -0.2) is 42.0 Å². The molecule has 1 aromatic heterocycles. The highest BCUT2D eigenvalue weighted by Gasteiger charge is 2.17. The highest BCUT2D eigenvalue weighted by molar-refractivity contribution is 14.0. The van der Waals surface area contributed by atoms with E-state index in [2.05, 4.69) is 32.8 Å². The minimum Gasteiger partial charge on any atom is -0.370 e. The quantitative estimate of drug-likeness (QED) is 0.443. The molecule has 6 heteroatoms. The zero-order chi connectivity index (χ0) is 16.1. The lowest BCUT2D eigenvalue weighted by atomic mass is 10.00. The van der Waals surface area contributed by atoms with Gasteiger partial charge in [0.05, 0.1) is 6.54 Å². The Morgan fingerprint density at radius 2 is 1.92 bits per heavy atom. The van der Waals surface area contributed by atoms with E-state index in [1.165, 1.54) is 37.7 Å². The van der Waals surface area contributed by atoms with Crippen molar-refractivity contribution in [3.05, 3.63) is 23.9 Å². The molecular formula is C18H30IN5. The average molecular weight is 443 g/mol. The average Bonchev–Trinajstić information content (AvgIpc) is 2.61. The number of rotatable bonds is 3. The summed E-state index contributed by atoms with van der Waals surface area (Å²) in [7, 11) is 0. The van der Waals surface area contributed by atoms with Crippen LogP contribution in [0.5, 0.6) is 0 Å². The van der Waals surface area contributed by atoms with Crippen molar-refractivity contribution in [2.24, 2.45) is 16.6 Å². The Morgan fingerprint density at radius 1 is 1.21 bits per heavy atom. The van der Waals surface area contributed by atoms with Crippen molar-refractivity contribution in [2.45, 2.75) is 45.6 Å². The van der Waals surface area contributed by atoms with Crippen molar-refractivity contribution in [1.29, 1.82) is 0 Å². The fraction of sp³-hybridized carbons (Fsp3) is 0.667. The molecule has 0 aromatic carbocycles. The highest BCUT2D eigenvalue weighted by Crippen LogP contribution is 2.19. The second kappa shape index (κ2) is 9.44. The Balaban J connectivity index is 0.00000208. The zero-order valence-electron chi connectivity index (χ0n) is 14.7. The van der Waals surface area contributed by atoms with Gasteiger partial charge < -0.3 is 15.5 Å². The van der Waals surface area contributed by atoms with Crippen molar-refractivity contribution in [3.63, 3.8) is 0 Å². The topological polar surface area (TPSA) is 57.8 Å². The van der Waals surface area contributed by atoms with Gasteiger partial charge in [0.25, 0.3) is 0 Å². The van der Waals surface area contributed by atoms with Gasteiger partial charge >= 0.3 is 0 Å². The Bertz CT molecular complexity index is 534. The summed E-state index contributed by atoms with van der Waals surface area (Å²) < 4.78 is 0. The van der Waals surface area contributed by atoms with Crippen LogP contribution in [0.1, 0.15) is 44.6 Å². The number of nitrogens with two attached hydrogens (primary N) is 1. The largest absolute Gasteiger partial charge is 0.370 e. The third-order valence-corrected chi connectivity index (χ3v) is 5.02. The molecule has 0 aliphatic carbocycles. The van der Waals surface area contributed by atoms with E-state index in [-0.39, 0.29) is 24.0 Å².